The van der Waals surface area contributed by atoms with E-state index in [-0.39, 0.29) is 17.6 Å². The predicted octanol–water partition coefficient (Wildman–Crippen LogP) is 3.55. The molecule has 2 aliphatic heterocycles. The lowest BCUT2D eigenvalue weighted by Gasteiger charge is -2.35. The fourth-order valence-corrected chi connectivity index (χ4v) is 6.32. The number of sulfonamides is 1. The van der Waals surface area contributed by atoms with Gasteiger partial charge in [0.15, 0.2) is 0 Å². The van der Waals surface area contributed by atoms with Crippen LogP contribution in [-0.2, 0) is 27.8 Å². The summed E-state index contributed by atoms with van der Waals surface area (Å²) in [6, 6.07) is 5.81. The van der Waals surface area contributed by atoms with E-state index >= 15 is 0 Å². The monoisotopic (exact) mass is 437 g/mol. The third-order valence-corrected chi connectivity index (χ3v) is 8.39. The molecule has 1 saturated heterocycles. The topological polar surface area (TPSA) is 73.5 Å². The van der Waals surface area contributed by atoms with Crippen molar-refractivity contribution in [3.05, 3.63) is 34.5 Å². The number of hydrogen-bond donors (Lipinski definition) is 1. The second-order valence-corrected chi connectivity index (χ2v) is 10.6. The maximum Gasteiger partial charge on any atom is 0.226 e. The van der Waals surface area contributed by atoms with Gasteiger partial charge in [0, 0.05) is 65.7 Å². The molecule has 6 nitrogen and oxygen atoms in total. The van der Waals surface area contributed by atoms with Crippen molar-refractivity contribution in [2.45, 2.75) is 45.6 Å². The molecular weight excluding hydrogens is 410 g/mol. The van der Waals surface area contributed by atoms with E-state index in [2.05, 4.69) is 4.98 Å². The lowest BCUT2D eigenvalue weighted by Crippen LogP contribution is -2.46. The Kier molecular flexibility index (Phi) is 5.91. The Hall–Kier alpha value is -1.57. The van der Waals surface area contributed by atoms with Gasteiger partial charge in [0.25, 0.3) is 0 Å². The van der Waals surface area contributed by atoms with Crippen LogP contribution >= 0.6 is 11.6 Å². The molecule has 4 rings (SSSR count). The van der Waals surface area contributed by atoms with Crippen molar-refractivity contribution in [1.82, 2.24) is 14.2 Å². The number of benzene rings is 1. The number of carbonyl (C=O) groups is 1. The van der Waals surface area contributed by atoms with Gasteiger partial charge in [-0.2, -0.15) is 0 Å². The Morgan fingerprint density at radius 3 is 2.72 bits per heavy atom. The number of nitrogens with one attached hydrogen (secondary N) is 1. The van der Waals surface area contributed by atoms with E-state index in [0.29, 0.717) is 50.5 Å². The van der Waals surface area contributed by atoms with Crippen LogP contribution in [0.1, 0.15) is 43.9 Å². The summed E-state index contributed by atoms with van der Waals surface area (Å²) in [5.74, 6) is 0.265. The van der Waals surface area contributed by atoms with Gasteiger partial charge in [-0.1, -0.05) is 24.9 Å². The molecule has 0 atom stereocenters. The lowest BCUT2D eigenvalue weighted by molar-refractivity contribution is -0.137. The number of carbonyl (C=O) groups excluding carboxylic acids is 1. The van der Waals surface area contributed by atoms with Crippen molar-refractivity contribution in [3.8, 4) is 0 Å². The molecule has 0 spiro atoms. The van der Waals surface area contributed by atoms with Crippen molar-refractivity contribution < 1.29 is 13.2 Å². The van der Waals surface area contributed by atoms with Gasteiger partial charge in [0.2, 0.25) is 15.9 Å². The second kappa shape index (κ2) is 8.28. The highest BCUT2D eigenvalue weighted by Crippen LogP contribution is 2.31. The van der Waals surface area contributed by atoms with Gasteiger partial charge in [0.05, 0.1) is 5.75 Å². The smallest absolute Gasteiger partial charge is 0.226 e. The van der Waals surface area contributed by atoms with Crippen molar-refractivity contribution in [2.24, 2.45) is 5.92 Å². The van der Waals surface area contributed by atoms with Gasteiger partial charge < -0.3 is 9.88 Å². The summed E-state index contributed by atoms with van der Waals surface area (Å²) >= 11 is 6.17. The fraction of sp³-hybridized carbons (Fsp3) is 0.571. The van der Waals surface area contributed by atoms with Crippen LogP contribution in [0.5, 0.6) is 0 Å². The fourth-order valence-electron chi connectivity index (χ4n) is 4.47. The number of H-pyrrole nitrogens is 1. The molecule has 2 aliphatic rings. The van der Waals surface area contributed by atoms with Gasteiger partial charge in [-0.05, 0) is 37.5 Å². The molecule has 3 heterocycles. The van der Waals surface area contributed by atoms with Crippen molar-refractivity contribution in [3.63, 3.8) is 0 Å². The first-order valence-electron chi connectivity index (χ1n) is 10.4. The maximum absolute atomic E-state index is 13.1. The van der Waals surface area contributed by atoms with Crippen LogP contribution < -0.4 is 0 Å². The first-order valence-corrected chi connectivity index (χ1v) is 12.4. The number of fused-ring (bicyclic) bond motifs is 3. The predicted molar refractivity (Wildman–Crippen MR) is 115 cm³/mol. The molecule has 1 aromatic carbocycles. The second-order valence-electron chi connectivity index (χ2n) is 8.12. The van der Waals surface area contributed by atoms with E-state index in [1.54, 1.807) is 4.31 Å². The number of amides is 1. The largest absolute Gasteiger partial charge is 0.358 e. The Morgan fingerprint density at radius 1 is 1.24 bits per heavy atom. The quantitative estimate of drug-likeness (QED) is 0.777. The number of piperidine rings is 1. The Bertz CT molecular complexity index is 1010. The molecule has 8 heteroatoms. The molecule has 0 aliphatic carbocycles. The van der Waals surface area contributed by atoms with Gasteiger partial charge in [-0.15, -0.1) is 0 Å². The number of nitrogens with zero attached hydrogens (tertiary/aromatic N) is 2. The SMILES string of the molecule is CCCCS(=O)(=O)N1CCC(C(=O)N2CCc3[nH]c4ccc(Cl)cc4c3C2)CC1. The zero-order chi connectivity index (χ0) is 20.6. The number of hydrogen-bond acceptors (Lipinski definition) is 3. The molecular formula is C21H28ClN3O3S. The van der Waals surface area contributed by atoms with Crippen LogP contribution in [0.4, 0.5) is 0 Å². The van der Waals surface area contributed by atoms with E-state index in [9.17, 15) is 13.2 Å². The van der Waals surface area contributed by atoms with Crippen LogP contribution in [0.2, 0.25) is 5.02 Å². The number of rotatable bonds is 5. The number of unbranched alkanes of at least 4 members (excludes halogenated alkanes) is 1. The third kappa shape index (κ3) is 4.18. The number of aromatic nitrogens is 1. The van der Waals surface area contributed by atoms with Gasteiger partial charge in [-0.25, -0.2) is 12.7 Å². The molecule has 1 N–H and O–H groups in total. The summed E-state index contributed by atoms with van der Waals surface area (Å²) in [5, 5.41) is 1.78. The first kappa shape index (κ1) is 20.7. The molecule has 158 valence electrons. The average Bonchev–Trinajstić information content (AvgIpc) is 3.09. The van der Waals surface area contributed by atoms with E-state index in [1.165, 1.54) is 5.69 Å². The number of halogens is 1. The summed E-state index contributed by atoms with van der Waals surface area (Å²) in [5.41, 5.74) is 3.39. The van der Waals surface area contributed by atoms with Crippen LogP contribution in [0.3, 0.4) is 0 Å². The summed E-state index contributed by atoms with van der Waals surface area (Å²) in [6.07, 6.45) is 3.56. The zero-order valence-electron chi connectivity index (χ0n) is 16.8. The van der Waals surface area contributed by atoms with E-state index in [0.717, 1.165) is 29.3 Å². The van der Waals surface area contributed by atoms with E-state index in [1.807, 2.05) is 30.0 Å². The van der Waals surface area contributed by atoms with Gasteiger partial charge in [-0.3, -0.25) is 4.79 Å². The summed E-state index contributed by atoms with van der Waals surface area (Å²) < 4.78 is 26.4. The van der Waals surface area contributed by atoms with Crippen molar-refractivity contribution in [1.29, 1.82) is 0 Å². The maximum atomic E-state index is 13.1. The van der Waals surface area contributed by atoms with E-state index in [4.69, 9.17) is 11.6 Å². The summed E-state index contributed by atoms with van der Waals surface area (Å²) in [4.78, 5) is 18.5. The lowest BCUT2D eigenvalue weighted by atomic mass is 9.95. The Balaban J connectivity index is 1.42. The molecule has 1 aromatic heterocycles. The molecule has 1 amide bonds. The Labute approximate surface area is 177 Å². The summed E-state index contributed by atoms with van der Waals surface area (Å²) in [7, 11) is -3.19. The minimum atomic E-state index is -3.19. The first-order chi connectivity index (χ1) is 13.9. The molecule has 0 saturated carbocycles. The van der Waals surface area contributed by atoms with Crippen LogP contribution in [0.25, 0.3) is 10.9 Å². The molecule has 0 bridgehead atoms. The summed E-state index contributed by atoms with van der Waals surface area (Å²) in [6.45, 7) is 4.17. The molecule has 0 radical (unpaired) electrons. The highest BCUT2D eigenvalue weighted by atomic mass is 35.5. The van der Waals surface area contributed by atoms with Crippen LogP contribution in [-0.4, -0.2) is 53.9 Å². The van der Waals surface area contributed by atoms with Gasteiger partial charge in [0.1, 0.15) is 0 Å². The number of aromatic amines is 1. The van der Waals surface area contributed by atoms with Crippen molar-refractivity contribution >= 4 is 38.4 Å². The molecule has 29 heavy (non-hydrogen) atoms. The molecule has 0 unspecified atom stereocenters. The normalized spacial score (nSPS) is 18.9. The highest BCUT2D eigenvalue weighted by Gasteiger charge is 2.34. The molecule has 2 aromatic rings. The van der Waals surface area contributed by atoms with Crippen LogP contribution in [0.15, 0.2) is 18.2 Å². The van der Waals surface area contributed by atoms with Crippen LogP contribution in [0, 0.1) is 5.92 Å². The van der Waals surface area contributed by atoms with Gasteiger partial charge >= 0.3 is 0 Å². The highest BCUT2D eigenvalue weighted by molar-refractivity contribution is 7.89. The average molecular weight is 438 g/mol. The standard InChI is InChI=1S/C21H28ClN3O3S/c1-2-3-12-29(27,28)25-10-6-15(7-11-25)21(26)24-9-8-20-18(14-24)17-13-16(22)4-5-19(17)23-20/h4-5,13,15,23H,2-3,6-12,14H2,1H3. The minimum Gasteiger partial charge on any atom is -0.358 e. The Morgan fingerprint density at radius 2 is 2.00 bits per heavy atom. The minimum absolute atomic E-state index is 0.0945. The van der Waals surface area contributed by atoms with Crippen molar-refractivity contribution in [2.75, 3.05) is 25.4 Å². The molecule has 1 fully saturated rings. The van der Waals surface area contributed by atoms with E-state index < -0.39 is 10.0 Å². The third-order valence-electron chi connectivity index (χ3n) is 6.20. The zero-order valence-corrected chi connectivity index (χ0v) is 18.4.